The summed E-state index contributed by atoms with van der Waals surface area (Å²) in [5, 5.41) is 5.57. The van der Waals surface area contributed by atoms with E-state index < -0.39 is 0 Å². The van der Waals surface area contributed by atoms with Gasteiger partial charge in [-0.2, -0.15) is 0 Å². The molecule has 134 valence electrons. The van der Waals surface area contributed by atoms with Gasteiger partial charge in [-0.3, -0.25) is 9.59 Å². The number of nitrogens with one attached hydrogen (secondary N) is 2. The van der Waals surface area contributed by atoms with E-state index in [1.807, 2.05) is 32.3 Å². The number of aromatic nitrogens is 1. The Morgan fingerprint density at radius 1 is 1.08 bits per heavy atom. The molecule has 0 aliphatic rings. The van der Waals surface area contributed by atoms with Gasteiger partial charge in [0.15, 0.2) is 0 Å². The van der Waals surface area contributed by atoms with Gasteiger partial charge >= 0.3 is 0 Å². The molecule has 0 fully saturated rings. The largest absolute Gasteiger partial charge is 0.354 e. The Hall–Kier alpha value is -2.63. The predicted molar refractivity (Wildman–Crippen MR) is 95.4 cm³/mol. The van der Waals surface area contributed by atoms with Crippen molar-refractivity contribution in [2.24, 2.45) is 5.92 Å². The number of carbonyl (C=O) groups excluding carboxylic acids is 2. The number of aryl methyl sites for hydroxylation is 1. The number of hydrogen-bond acceptors (Lipinski definition) is 2. The van der Waals surface area contributed by atoms with Crippen LogP contribution in [0.15, 0.2) is 30.3 Å². The van der Waals surface area contributed by atoms with Gasteiger partial charge in [-0.25, -0.2) is 4.39 Å². The smallest absolute Gasteiger partial charge is 0.253 e. The second-order valence-corrected chi connectivity index (χ2v) is 6.30. The van der Waals surface area contributed by atoms with Crippen LogP contribution in [0.4, 0.5) is 4.39 Å². The predicted octanol–water partition coefficient (Wildman–Crippen LogP) is 2.74. The molecule has 0 unspecified atom stereocenters. The molecule has 1 aromatic carbocycles. The number of carbonyl (C=O) groups is 2. The van der Waals surface area contributed by atoms with Crippen molar-refractivity contribution < 1.29 is 14.0 Å². The molecule has 0 aliphatic heterocycles. The topological polar surface area (TPSA) is 63.1 Å². The Morgan fingerprint density at radius 3 is 2.28 bits per heavy atom. The Labute approximate surface area is 147 Å². The van der Waals surface area contributed by atoms with Gasteiger partial charge in [-0.15, -0.1) is 0 Å². The number of rotatable bonds is 6. The van der Waals surface area contributed by atoms with Crippen LogP contribution >= 0.6 is 0 Å². The first-order chi connectivity index (χ1) is 11.8. The van der Waals surface area contributed by atoms with Crippen LogP contribution in [0, 0.1) is 25.6 Å². The zero-order chi connectivity index (χ0) is 18.6. The van der Waals surface area contributed by atoms with Crippen LogP contribution in [-0.4, -0.2) is 29.5 Å². The Kier molecular flexibility index (Phi) is 5.96. The third-order valence-corrected chi connectivity index (χ3v) is 3.99. The molecule has 2 amide bonds. The number of halogens is 1. The van der Waals surface area contributed by atoms with Crippen LogP contribution < -0.4 is 10.6 Å². The molecule has 0 saturated carbocycles. The van der Waals surface area contributed by atoms with Crippen LogP contribution in [0.25, 0.3) is 5.69 Å². The van der Waals surface area contributed by atoms with E-state index in [4.69, 9.17) is 0 Å². The first-order valence-corrected chi connectivity index (χ1v) is 8.32. The summed E-state index contributed by atoms with van der Waals surface area (Å²) >= 11 is 0. The van der Waals surface area contributed by atoms with Crippen molar-refractivity contribution in [3.63, 3.8) is 0 Å². The minimum Gasteiger partial charge on any atom is -0.354 e. The molecule has 0 radical (unpaired) electrons. The van der Waals surface area contributed by atoms with Gasteiger partial charge in [0.05, 0.1) is 5.56 Å². The molecule has 1 heterocycles. The molecule has 2 rings (SSSR count). The van der Waals surface area contributed by atoms with Gasteiger partial charge in [0, 0.05) is 36.1 Å². The van der Waals surface area contributed by atoms with Gasteiger partial charge in [0.2, 0.25) is 5.91 Å². The second-order valence-electron chi connectivity index (χ2n) is 6.30. The summed E-state index contributed by atoms with van der Waals surface area (Å²) < 4.78 is 15.0. The number of amides is 2. The summed E-state index contributed by atoms with van der Waals surface area (Å²) in [6.07, 6.45) is 0. The maximum atomic E-state index is 13.1. The highest BCUT2D eigenvalue weighted by Gasteiger charge is 2.16. The van der Waals surface area contributed by atoms with E-state index in [9.17, 15) is 14.0 Å². The zero-order valence-corrected chi connectivity index (χ0v) is 15.0. The fourth-order valence-electron chi connectivity index (χ4n) is 2.64. The minimum absolute atomic E-state index is 0.0382. The van der Waals surface area contributed by atoms with Crippen LogP contribution in [-0.2, 0) is 4.79 Å². The average Bonchev–Trinajstić information content (AvgIpc) is 2.87. The molecule has 0 bridgehead atoms. The quantitative estimate of drug-likeness (QED) is 0.791. The summed E-state index contributed by atoms with van der Waals surface area (Å²) in [6, 6.07) is 7.95. The van der Waals surface area contributed by atoms with E-state index in [-0.39, 0.29) is 23.5 Å². The van der Waals surface area contributed by atoms with Crippen molar-refractivity contribution in [2.45, 2.75) is 27.7 Å². The monoisotopic (exact) mass is 345 g/mol. The van der Waals surface area contributed by atoms with Crippen molar-refractivity contribution in [1.29, 1.82) is 0 Å². The van der Waals surface area contributed by atoms with E-state index >= 15 is 0 Å². The van der Waals surface area contributed by atoms with Crippen LogP contribution in [0.2, 0.25) is 0 Å². The zero-order valence-electron chi connectivity index (χ0n) is 15.0. The maximum Gasteiger partial charge on any atom is 0.253 e. The van der Waals surface area contributed by atoms with Crippen molar-refractivity contribution in [1.82, 2.24) is 15.2 Å². The third-order valence-electron chi connectivity index (χ3n) is 3.99. The summed E-state index contributed by atoms with van der Waals surface area (Å²) in [7, 11) is 0. The SMILES string of the molecule is Cc1cc(C(=O)NCCNC(=O)C(C)C)c(C)n1-c1ccc(F)cc1. The lowest BCUT2D eigenvalue weighted by Gasteiger charge is -2.11. The summed E-state index contributed by atoms with van der Waals surface area (Å²) in [5.41, 5.74) is 3.05. The van der Waals surface area contributed by atoms with E-state index in [0.717, 1.165) is 17.1 Å². The molecule has 2 aromatic rings. The van der Waals surface area contributed by atoms with Crippen LogP contribution in [0.3, 0.4) is 0 Å². The van der Waals surface area contributed by atoms with Gasteiger partial charge in [-0.05, 0) is 44.2 Å². The molecule has 0 saturated heterocycles. The molecule has 6 heteroatoms. The molecule has 0 aliphatic carbocycles. The van der Waals surface area contributed by atoms with Gasteiger partial charge in [-0.1, -0.05) is 13.8 Å². The highest BCUT2D eigenvalue weighted by atomic mass is 19.1. The third kappa shape index (κ3) is 4.47. The highest BCUT2D eigenvalue weighted by molar-refractivity contribution is 5.96. The van der Waals surface area contributed by atoms with Gasteiger partial charge < -0.3 is 15.2 Å². The van der Waals surface area contributed by atoms with Crippen molar-refractivity contribution in [2.75, 3.05) is 13.1 Å². The molecule has 1 aromatic heterocycles. The van der Waals surface area contributed by atoms with Crippen LogP contribution in [0.5, 0.6) is 0 Å². The van der Waals surface area contributed by atoms with Crippen molar-refractivity contribution >= 4 is 11.8 Å². The summed E-state index contributed by atoms with van der Waals surface area (Å²) in [5.74, 6) is -0.609. The molecule has 0 atom stereocenters. The second kappa shape index (κ2) is 7.96. The van der Waals surface area contributed by atoms with Crippen LogP contribution in [0.1, 0.15) is 35.6 Å². The first kappa shape index (κ1) is 18.7. The number of nitrogens with zero attached hydrogens (tertiary/aromatic N) is 1. The Balaban J connectivity index is 2.05. The van der Waals surface area contributed by atoms with Gasteiger partial charge in [0.25, 0.3) is 5.91 Å². The average molecular weight is 345 g/mol. The molecular weight excluding hydrogens is 321 g/mol. The van der Waals surface area contributed by atoms with Crippen molar-refractivity contribution in [3.05, 3.63) is 53.1 Å². The van der Waals surface area contributed by atoms with E-state index in [0.29, 0.717) is 18.7 Å². The fraction of sp³-hybridized carbons (Fsp3) is 0.368. The maximum absolute atomic E-state index is 13.1. The van der Waals surface area contributed by atoms with Gasteiger partial charge in [0.1, 0.15) is 5.82 Å². The Morgan fingerprint density at radius 2 is 1.68 bits per heavy atom. The number of benzene rings is 1. The lowest BCUT2D eigenvalue weighted by Crippen LogP contribution is -2.36. The minimum atomic E-state index is -0.298. The normalized spacial score (nSPS) is 10.8. The number of hydrogen-bond donors (Lipinski definition) is 2. The lowest BCUT2D eigenvalue weighted by atomic mass is 10.2. The molecule has 0 spiro atoms. The van der Waals surface area contributed by atoms with E-state index in [1.165, 1.54) is 12.1 Å². The fourth-order valence-corrected chi connectivity index (χ4v) is 2.64. The first-order valence-electron chi connectivity index (χ1n) is 8.32. The Bertz CT molecular complexity index is 764. The summed E-state index contributed by atoms with van der Waals surface area (Å²) in [6.45, 7) is 8.13. The lowest BCUT2D eigenvalue weighted by molar-refractivity contribution is -0.123. The standard InChI is InChI=1S/C19H24FN3O2/c1-12(2)18(24)21-9-10-22-19(25)17-11-13(3)23(14(17)4)16-7-5-15(20)6-8-16/h5-8,11-12H,9-10H2,1-4H3,(H,21,24)(H,22,25). The molecule has 2 N–H and O–H groups in total. The molecule has 5 nitrogen and oxygen atoms in total. The van der Waals surface area contributed by atoms with Crippen molar-refractivity contribution in [3.8, 4) is 5.69 Å². The molecule has 25 heavy (non-hydrogen) atoms. The van der Waals surface area contributed by atoms with E-state index in [1.54, 1.807) is 18.2 Å². The summed E-state index contributed by atoms with van der Waals surface area (Å²) in [4.78, 5) is 23.9. The molecular formula is C19H24FN3O2. The van der Waals surface area contributed by atoms with E-state index in [2.05, 4.69) is 10.6 Å². The highest BCUT2D eigenvalue weighted by Crippen LogP contribution is 2.21.